The second kappa shape index (κ2) is 8.99. The van der Waals surface area contributed by atoms with Gasteiger partial charge in [-0.15, -0.1) is 0 Å². The number of carboxylic acid groups (broad SMARTS) is 2. The maximum atomic E-state index is 11.6. The monoisotopic (exact) mass is 285 g/mol. The van der Waals surface area contributed by atoms with Crippen LogP contribution >= 0.6 is 0 Å². The van der Waals surface area contributed by atoms with E-state index in [9.17, 15) is 19.2 Å². The van der Waals surface area contributed by atoms with Crippen molar-refractivity contribution < 1.29 is 60.4 Å². The third kappa shape index (κ3) is 7.23. The van der Waals surface area contributed by atoms with Gasteiger partial charge in [0.05, 0.1) is 18.4 Å². The molecular formula is C9H16N3NaO6. The van der Waals surface area contributed by atoms with E-state index in [1.54, 1.807) is 0 Å². The van der Waals surface area contributed by atoms with E-state index in [4.69, 9.17) is 27.4 Å². The van der Waals surface area contributed by atoms with Gasteiger partial charge in [0.2, 0.25) is 5.91 Å². The number of carbonyl (C=O) groups is 4. The molecule has 0 radical (unpaired) electrons. The summed E-state index contributed by atoms with van der Waals surface area (Å²) in [5, 5.41) is 17.0. The number of hydrogen-bond donors (Lipinski definition) is 5. The standard InChI is InChI=1S/C9H15N3O6.Na.H/c10-4(2-6(13)14)7(15)3(8(12)16)1-5(11)9(17)18;;/h3-5H,1-2,10-11H2,(H2,12,16)(H,13,14)(H,17,18);;/q;+1;-1/t3?,4-,5-;;/m0../s1. The minimum Gasteiger partial charge on any atom is -1.00 e. The zero-order chi connectivity index (χ0) is 14.5. The predicted molar refractivity (Wildman–Crippen MR) is 59.3 cm³/mol. The van der Waals surface area contributed by atoms with Crippen LogP contribution in [0.15, 0.2) is 0 Å². The molecule has 19 heavy (non-hydrogen) atoms. The van der Waals surface area contributed by atoms with Crippen molar-refractivity contribution in [2.45, 2.75) is 24.9 Å². The molecule has 9 nitrogen and oxygen atoms in total. The van der Waals surface area contributed by atoms with Gasteiger partial charge in [0, 0.05) is 0 Å². The van der Waals surface area contributed by atoms with Crippen molar-refractivity contribution in [2.75, 3.05) is 0 Å². The molecule has 8 N–H and O–H groups in total. The molecule has 104 valence electrons. The summed E-state index contributed by atoms with van der Waals surface area (Å²) in [6.07, 6.45) is -1.19. The smallest absolute Gasteiger partial charge is 1.00 e. The van der Waals surface area contributed by atoms with E-state index in [1.165, 1.54) is 0 Å². The molecule has 1 unspecified atom stereocenters. The Kier molecular flexibility index (Phi) is 9.62. The summed E-state index contributed by atoms with van der Waals surface area (Å²) in [5.41, 5.74) is 15.4. The number of hydrogen-bond acceptors (Lipinski definition) is 6. The molecule has 10 heteroatoms. The van der Waals surface area contributed by atoms with Crippen LogP contribution < -0.4 is 46.8 Å². The zero-order valence-electron chi connectivity index (χ0n) is 11.4. The van der Waals surface area contributed by atoms with Gasteiger partial charge in [0.1, 0.15) is 6.04 Å². The van der Waals surface area contributed by atoms with Gasteiger partial charge in [0.15, 0.2) is 5.78 Å². The number of ketones is 1. The number of Topliss-reactive ketones (excluding diaryl/α,β-unsaturated/α-hetero) is 1. The Hall–Kier alpha value is -1.00. The van der Waals surface area contributed by atoms with Crippen LogP contribution in [0, 0.1) is 5.92 Å². The molecule has 0 aromatic heterocycles. The number of amides is 1. The van der Waals surface area contributed by atoms with Crippen LogP contribution in [0.3, 0.4) is 0 Å². The van der Waals surface area contributed by atoms with E-state index in [2.05, 4.69) is 0 Å². The van der Waals surface area contributed by atoms with Crippen molar-refractivity contribution in [3.05, 3.63) is 0 Å². The van der Waals surface area contributed by atoms with Gasteiger partial charge >= 0.3 is 41.5 Å². The molecular weight excluding hydrogens is 269 g/mol. The van der Waals surface area contributed by atoms with E-state index in [-0.39, 0.29) is 31.0 Å². The maximum Gasteiger partial charge on any atom is 1.00 e. The van der Waals surface area contributed by atoms with Gasteiger partial charge in [-0.25, -0.2) is 0 Å². The fraction of sp³-hybridized carbons (Fsp3) is 0.556. The normalized spacial score (nSPS) is 14.6. The molecule has 1 amide bonds. The van der Waals surface area contributed by atoms with Crippen molar-refractivity contribution in [2.24, 2.45) is 23.1 Å². The molecule has 0 aromatic carbocycles. The average molecular weight is 285 g/mol. The first kappa shape index (κ1) is 20.3. The number of carboxylic acids is 2. The summed E-state index contributed by atoms with van der Waals surface area (Å²) in [4.78, 5) is 43.6. The topological polar surface area (TPSA) is 187 Å². The molecule has 0 fully saturated rings. The molecule has 0 aromatic rings. The van der Waals surface area contributed by atoms with Crippen LogP contribution in [0.2, 0.25) is 0 Å². The first-order chi connectivity index (χ1) is 8.16. The number of carbonyl (C=O) groups excluding carboxylic acids is 2. The summed E-state index contributed by atoms with van der Waals surface area (Å²) in [7, 11) is 0. The second-order valence-electron chi connectivity index (χ2n) is 3.74. The fourth-order valence-electron chi connectivity index (χ4n) is 1.27. The van der Waals surface area contributed by atoms with Gasteiger partial charge in [-0.05, 0) is 6.42 Å². The van der Waals surface area contributed by atoms with E-state index in [1.807, 2.05) is 0 Å². The largest absolute Gasteiger partial charge is 1.00 e. The SMILES string of the molecule is NC(=O)C(C[C@H](N)C(=O)O)C(=O)[C@@H](N)CC(=O)O.[H-].[Na+]. The number of primary amides is 1. The van der Waals surface area contributed by atoms with Crippen molar-refractivity contribution in [3.8, 4) is 0 Å². The van der Waals surface area contributed by atoms with Crippen LogP contribution in [0.25, 0.3) is 0 Å². The summed E-state index contributed by atoms with van der Waals surface area (Å²) in [5.74, 6) is -6.24. The number of nitrogens with two attached hydrogens (primary N) is 3. The van der Waals surface area contributed by atoms with Crippen LogP contribution in [-0.4, -0.2) is 45.9 Å². The first-order valence-electron chi connectivity index (χ1n) is 4.95. The Balaban J connectivity index is -0.00000144. The molecule has 0 aliphatic carbocycles. The van der Waals surface area contributed by atoms with Gasteiger partial charge in [0.25, 0.3) is 0 Å². The molecule has 0 heterocycles. The van der Waals surface area contributed by atoms with E-state index >= 15 is 0 Å². The van der Waals surface area contributed by atoms with Crippen molar-refractivity contribution in [3.63, 3.8) is 0 Å². The zero-order valence-corrected chi connectivity index (χ0v) is 12.4. The van der Waals surface area contributed by atoms with Crippen molar-refractivity contribution in [1.82, 2.24) is 0 Å². The Morgan fingerprint density at radius 1 is 1.05 bits per heavy atom. The Bertz CT molecular complexity index is 381. The van der Waals surface area contributed by atoms with E-state index < -0.39 is 54.5 Å². The summed E-state index contributed by atoms with van der Waals surface area (Å²) >= 11 is 0. The third-order valence-electron chi connectivity index (χ3n) is 2.25. The quantitative estimate of drug-likeness (QED) is 0.215. The Morgan fingerprint density at radius 2 is 1.53 bits per heavy atom. The van der Waals surface area contributed by atoms with Crippen LogP contribution in [0.1, 0.15) is 14.3 Å². The molecule has 0 aliphatic rings. The summed E-state index contributed by atoms with van der Waals surface area (Å²) in [6.45, 7) is 0. The Labute approximate surface area is 132 Å². The molecule has 0 rings (SSSR count). The molecule has 0 bridgehead atoms. The minimum absolute atomic E-state index is 0. The van der Waals surface area contributed by atoms with Crippen LogP contribution in [0.5, 0.6) is 0 Å². The summed E-state index contributed by atoms with van der Waals surface area (Å²) in [6, 6.07) is -2.88. The van der Waals surface area contributed by atoms with Gasteiger partial charge in [-0.3, -0.25) is 19.2 Å². The molecule has 0 spiro atoms. The maximum absolute atomic E-state index is 11.6. The number of rotatable bonds is 8. The van der Waals surface area contributed by atoms with E-state index in [0.29, 0.717) is 0 Å². The van der Waals surface area contributed by atoms with E-state index in [0.717, 1.165) is 0 Å². The molecule has 0 saturated heterocycles. The first-order valence-corrected chi connectivity index (χ1v) is 4.95. The van der Waals surface area contributed by atoms with Crippen LogP contribution in [0.4, 0.5) is 0 Å². The van der Waals surface area contributed by atoms with Crippen molar-refractivity contribution >= 4 is 23.6 Å². The second-order valence-corrected chi connectivity index (χ2v) is 3.74. The number of aliphatic carboxylic acids is 2. The third-order valence-corrected chi connectivity index (χ3v) is 2.25. The van der Waals surface area contributed by atoms with Gasteiger partial charge < -0.3 is 28.8 Å². The van der Waals surface area contributed by atoms with Crippen LogP contribution in [-0.2, 0) is 19.2 Å². The summed E-state index contributed by atoms with van der Waals surface area (Å²) < 4.78 is 0. The molecule has 0 aliphatic heterocycles. The van der Waals surface area contributed by atoms with Gasteiger partial charge in [-0.2, -0.15) is 0 Å². The molecule has 0 saturated carbocycles. The molecule has 3 atom stereocenters. The minimum atomic E-state index is -1.51. The fourth-order valence-corrected chi connectivity index (χ4v) is 1.27. The average Bonchev–Trinajstić information content (AvgIpc) is 2.22. The van der Waals surface area contributed by atoms with Crippen molar-refractivity contribution in [1.29, 1.82) is 0 Å². The van der Waals surface area contributed by atoms with Gasteiger partial charge in [-0.1, -0.05) is 0 Å². The Morgan fingerprint density at radius 3 is 1.84 bits per heavy atom. The predicted octanol–water partition coefficient (Wildman–Crippen LogP) is -5.62.